The number of carbonyl (C=O) groups excluding carboxylic acids is 2. The number of methoxy groups -OCH3 is 1. The maximum Gasteiger partial charge on any atom is 0.416 e. The van der Waals surface area contributed by atoms with Gasteiger partial charge in [-0.2, -0.15) is 13.2 Å². The van der Waals surface area contributed by atoms with Crippen LogP contribution < -0.4 is 10.1 Å². The van der Waals surface area contributed by atoms with E-state index in [4.69, 9.17) is 4.74 Å². The Balaban J connectivity index is 1.58. The summed E-state index contributed by atoms with van der Waals surface area (Å²) in [6.07, 6.45) is -4.53. The molecule has 4 rings (SSSR count). The second-order valence-corrected chi connectivity index (χ2v) is 8.62. The fourth-order valence-electron chi connectivity index (χ4n) is 4.36. The second-order valence-electron chi connectivity index (χ2n) is 8.62. The SMILES string of the molecule is COc1ccc(C(=O)N2C[C@H](c3cccc(C(F)(F)F)c3)[C@H](C(=O)NCc3ccc(F)cc3)C2)cc1. The van der Waals surface area contributed by atoms with Gasteiger partial charge in [-0.3, -0.25) is 9.59 Å². The first kappa shape index (κ1) is 25.2. The number of amides is 2. The Bertz CT molecular complexity index is 1230. The van der Waals surface area contributed by atoms with E-state index in [0.29, 0.717) is 22.4 Å². The first-order valence-corrected chi connectivity index (χ1v) is 11.3. The molecule has 1 aliphatic rings. The number of benzene rings is 3. The minimum atomic E-state index is -4.53. The summed E-state index contributed by atoms with van der Waals surface area (Å²) in [5.74, 6) is -1.96. The summed E-state index contributed by atoms with van der Waals surface area (Å²) in [6.45, 7) is 0.249. The summed E-state index contributed by atoms with van der Waals surface area (Å²) in [6, 6.07) is 17.0. The summed E-state index contributed by atoms with van der Waals surface area (Å²) in [7, 11) is 1.51. The van der Waals surface area contributed by atoms with Crippen LogP contribution in [0.5, 0.6) is 5.75 Å². The van der Waals surface area contributed by atoms with Gasteiger partial charge < -0.3 is 15.0 Å². The number of likely N-dealkylation sites (tertiary alicyclic amines) is 1. The molecule has 1 aliphatic heterocycles. The topological polar surface area (TPSA) is 58.6 Å². The van der Waals surface area contributed by atoms with Gasteiger partial charge in [-0.05, 0) is 53.6 Å². The molecule has 0 radical (unpaired) electrons. The third-order valence-corrected chi connectivity index (χ3v) is 6.30. The minimum Gasteiger partial charge on any atom is -0.497 e. The van der Waals surface area contributed by atoms with Crippen LogP contribution in [-0.4, -0.2) is 36.9 Å². The largest absolute Gasteiger partial charge is 0.497 e. The summed E-state index contributed by atoms with van der Waals surface area (Å²) in [5.41, 5.74) is 0.567. The van der Waals surface area contributed by atoms with Crippen molar-refractivity contribution < 1.29 is 31.9 Å². The van der Waals surface area contributed by atoms with Gasteiger partial charge in [0.15, 0.2) is 0 Å². The van der Waals surface area contributed by atoms with Crippen molar-refractivity contribution in [1.29, 1.82) is 0 Å². The predicted octanol–water partition coefficient (Wildman–Crippen LogP) is 5.03. The molecule has 3 aromatic carbocycles. The lowest BCUT2D eigenvalue weighted by Crippen LogP contribution is -2.35. The Hall–Kier alpha value is -3.88. The summed E-state index contributed by atoms with van der Waals surface area (Å²) >= 11 is 0. The van der Waals surface area contributed by atoms with E-state index in [-0.39, 0.29) is 25.5 Å². The van der Waals surface area contributed by atoms with Crippen molar-refractivity contribution in [2.24, 2.45) is 5.92 Å². The third kappa shape index (κ3) is 5.67. The zero-order valence-electron chi connectivity index (χ0n) is 19.4. The molecule has 36 heavy (non-hydrogen) atoms. The Morgan fingerprint density at radius 1 is 1.00 bits per heavy atom. The standard InChI is InChI=1S/C27H24F4N2O3/c1-36-22-11-7-18(8-12-22)26(35)33-15-23(19-3-2-4-20(13-19)27(29,30)31)24(16-33)25(34)32-14-17-5-9-21(28)10-6-17/h2-13,23-24H,14-16H2,1H3,(H,32,34)/t23-,24-/m1/s1. The number of carbonyl (C=O) groups is 2. The lowest BCUT2D eigenvalue weighted by atomic mass is 9.87. The Kier molecular flexibility index (Phi) is 7.28. The van der Waals surface area contributed by atoms with Crippen LogP contribution in [0.2, 0.25) is 0 Å². The number of hydrogen-bond donors (Lipinski definition) is 1. The first-order valence-electron chi connectivity index (χ1n) is 11.3. The zero-order valence-corrected chi connectivity index (χ0v) is 19.4. The molecule has 0 spiro atoms. The molecule has 9 heteroatoms. The van der Waals surface area contributed by atoms with Gasteiger partial charge in [0.05, 0.1) is 18.6 Å². The monoisotopic (exact) mass is 500 g/mol. The van der Waals surface area contributed by atoms with Gasteiger partial charge in [0.2, 0.25) is 5.91 Å². The van der Waals surface area contributed by atoms with Crippen molar-refractivity contribution in [2.45, 2.75) is 18.6 Å². The van der Waals surface area contributed by atoms with Crippen LogP contribution in [0.3, 0.4) is 0 Å². The highest BCUT2D eigenvalue weighted by molar-refractivity contribution is 5.95. The molecule has 0 saturated carbocycles. The van der Waals surface area contributed by atoms with Gasteiger partial charge in [0.25, 0.3) is 5.91 Å². The van der Waals surface area contributed by atoms with Crippen molar-refractivity contribution in [3.8, 4) is 5.75 Å². The van der Waals surface area contributed by atoms with Gasteiger partial charge in [-0.1, -0.05) is 30.3 Å². The number of rotatable bonds is 6. The van der Waals surface area contributed by atoms with E-state index in [1.165, 1.54) is 42.3 Å². The average Bonchev–Trinajstić information content (AvgIpc) is 3.33. The van der Waals surface area contributed by atoms with Crippen LogP contribution in [0.25, 0.3) is 0 Å². The van der Waals surface area contributed by atoms with E-state index in [0.717, 1.165) is 12.1 Å². The predicted molar refractivity (Wildman–Crippen MR) is 125 cm³/mol. The van der Waals surface area contributed by atoms with Gasteiger partial charge in [-0.15, -0.1) is 0 Å². The fraction of sp³-hybridized carbons (Fsp3) is 0.259. The summed E-state index contributed by atoms with van der Waals surface area (Å²) in [5, 5.41) is 2.78. The fourth-order valence-corrected chi connectivity index (χ4v) is 4.36. The van der Waals surface area contributed by atoms with E-state index in [9.17, 15) is 27.2 Å². The molecule has 1 fully saturated rings. The highest BCUT2D eigenvalue weighted by Gasteiger charge is 2.41. The van der Waals surface area contributed by atoms with Gasteiger partial charge in [-0.25, -0.2) is 4.39 Å². The van der Waals surface area contributed by atoms with Crippen LogP contribution in [0, 0.1) is 11.7 Å². The van der Waals surface area contributed by atoms with Crippen LogP contribution in [0.4, 0.5) is 17.6 Å². The molecule has 0 bridgehead atoms. The van der Waals surface area contributed by atoms with E-state index in [1.54, 1.807) is 30.3 Å². The normalized spacial score (nSPS) is 17.6. The maximum atomic E-state index is 13.4. The summed E-state index contributed by atoms with van der Waals surface area (Å²) < 4.78 is 58.4. The Labute approximate surface area is 205 Å². The molecule has 1 saturated heterocycles. The molecule has 5 nitrogen and oxygen atoms in total. The van der Waals surface area contributed by atoms with Crippen molar-refractivity contribution in [2.75, 3.05) is 20.2 Å². The smallest absolute Gasteiger partial charge is 0.416 e. The van der Waals surface area contributed by atoms with E-state index >= 15 is 0 Å². The highest BCUT2D eigenvalue weighted by Crippen LogP contribution is 2.37. The molecular weight excluding hydrogens is 476 g/mol. The van der Waals surface area contributed by atoms with Gasteiger partial charge >= 0.3 is 6.18 Å². The number of nitrogens with zero attached hydrogens (tertiary/aromatic N) is 1. The number of nitrogens with one attached hydrogen (secondary N) is 1. The quantitative estimate of drug-likeness (QED) is 0.484. The lowest BCUT2D eigenvalue weighted by molar-refractivity contribution is -0.137. The van der Waals surface area contributed by atoms with E-state index in [1.807, 2.05) is 0 Å². The molecule has 0 unspecified atom stereocenters. The Morgan fingerprint density at radius 2 is 1.69 bits per heavy atom. The van der Waals surface area contributed by atoms with E-state index in [2.05, 4.69) is 5.32 Å². The number of ether oxygens (including phenoxy) is 1. The molecule has 0 aromatic heterocycles. The number of hydrogen-bond acceptors (Lipinski definition) is 3. The molecule has 1 heterocycles. The van der Waals surface area contributed by atoms with Crippen LogP contribution >= 0.6 is 0 Å². The van der Waals surface area contributed by atoms with Gasteiger partial charge in [0, 0.05) is 31.1 Å². The summed E-state index contributed by atoms with van der Waals surface area (Å²) in [4.78, 5) is 27.8. The minimum absolute atomic E-state index is 0.0427. The molecule has 0 aliphatic carbocycles. The van der Waals surface area contributed by atoms with Gasteiger partial charge in [0.1, 0.15) is 11.6 Å². The van der Waals surface area contributed by atoms with Crippen molar-refractivity contribution in [3.05, 3.63) is 101 Å². The first-order chi connectivity index (χ1) is 17.2. The molecular formula is C27H24F4N2O3. The van der Waals surface area contributed by atoms with Crippen LogP contribution in [-0.2, 0) is 17.5 Å². The highest BCUT2D eigenvalue weighted by atomic mass is 19.4. The maximum absolute atomic E-state index is 13.4. The second kappa shape index (κ2) is 10.4. The van der Waals surface area contributed by atoms with E-state index < -0.39 is 35.3 Å². The van der Waals surface area contributed by atoms with Crippen LogP contribution in [0.15, 0.2) is 72.8 Å². The molecule has 1 N–H and O–H groups in total. The van der Waals surface area contributed by atoms with Crippen LogP contribution in [0.1, 0.15) is 33.0 Å². The zero-order chi connectivity index (χ0) is 25.9. The molecule has 188 valence electrons. The molecule has 2 atom stereocenters. The third-order valence-electron chi connectivity index (χ3n) is 6.30. The lowest BCUT2D eigenvalue weighted by Gasteiger charge is -2.19. The van der Waals surface area contributed by atoms with Crippen molar-refractivity contribution in [3.63, 3.8) is 0 Å². The molecule has 3 aromatic rings. The molecule has 2 amide bonds. The number of alkyl halides is 3. The van der Waals surface area contributed by atoms with Crippen molar-refractivity contribution in [1.82, 2.24) is 10.2 Å². The van der Waals surface area contributed by atoms with Crippen molar-refractivity contribution >= 4 is 11.8 Å². The number of halogens is 4. The Morgan fingerprint density at radius 3 is 2.33 bits per heavy atom. The average molecular weight is 500 g/mol.